The number of nitrogens with one attached hydrogen (secondary N) is 1. The Morgan fingerprint density at radius 2 is 1.93 bits per heavy atom. The number of H-pyrrole nitrogens is 1. The summed E-state index contributed by atoms with van der Waals surface area (Å²) >= 11 is 6.08. The van der Waals surface area contributed by atoms with E-state index < -0.39 is 0 Å². The highest BCUT2D eigenvalue weighted by molar-refractivity contribution is 6.31. The van der Waals surface area contributed by atoms with Crippen LogP contribution in [0.5, 0.6) is 0 Å². The zero-order chi connectivity index (χ0) is 21.1. The SMILES string of the molecule is CC(C)N(CCCN1CCN(C)CC1)c1ccc(-c2nc3cc(Cl)ccc3[nH]2)cn1. The minimum absolute atomic E-state index is 0.407. The highest BCUT2D eigenvalue weighted by Crippen LogP contribution is 2.24. The summed E-state index contributed by atoms with van der Waals surface area (Å²) in [6, 6.07) is 10.3. The summed E-state index contributed by atoms with van der Waals surface area (Å²) in [5, 5.41) is 0.693. The first kappa shape index (κ1) is 21.1. The quantitative estimate of drug-likeness (QED) is 0.615. The summed E-state index contributed by atoms with van der Waals surface area (Å²) in [5.41, 5.74) is 2.83. The molecule has 1 fully saturated rings. The number of hydrogen-bond acceptors (Lipinski definition) is 5. The number of piperazine rings is 1. The van der Waals surface area contributed by atoms with Gasteiger partial charge >= 0.3 is 0 Å². The van der Waals surface area contributed by atoms with Gasteiger partial charge in [-0.1, -0.05) is 11.6 Å². The summed E-state index contributed by atoms with van der Waals surface area (Å²) in [4.78, 5) is 20.1. The first-order valence-electron chi connectivity index (χ1n) is 10.8. The lowest BCUT2D eigenvalue weighted by Gasteiger charge is -2.33. The van der Waals surface area contributed by atoms with Gasteiger partial charge in [0, 0.05) is 55.5 Å². The van der Waals surface area contributed by atoms with Crippen LogP contribution in [0.3, 0.4) is 0 Å². The third kappa shape index (κ3) is 4.94. The average molecular weight is 427 g/mol. The van der Waals surface area contributed by atoms with E-state index in [1.807, 2.05) is 24.4 Å². The summed E-state index contributed by atoms with van der Waals surface area (Å²) < 4.78 is 0. The number of anilines is 1. The predicted octanol–water partition coefficient (Wildman–Crippen LogP) is 4.13. The molecule has 7 heteroatoms. The van der Waals surface area contributed by atoms with E-state index in [9.17, 15) is 0 Å². The number of hydrogen-bond donors (Lipinski definition) is 1. The fraction of sp³-hybridized carbons (Fsp3) is 0.478. The molecular formula is C23H31ClN6. The number of fused-ring (bicyclic) bond motifs is 1. The van der Waals surface area contributed by atoms with Crippen molar-refractivity contribution < 1.29 is 0 Å². The molecule has 1 saturated heterocycles. The number of rotatable bonds is 7. The van der Waals surface area contributed by atoms with E-state index in [4.69, 9.17) is 16.6 Å². The number of likely N-dealkylation sites (N-methyl/N-ethyl adjacent to an activating group) is 1. The standard InChI is InChI=1S/C23H31ClN6/c1-17(2)30(10-4-9-29-13-11-28(3)12-14-29)22-8-5-18(16-25-22)23-26-20-7-6-19(24)15-21(20)27-23/h5-8,15-17H,4,9-14H2,1-3H3,(H,26,27). The van der Waals surface area contributed by atoms with Crippen molar-refractivity contribution >= 4 is 28.5 Å². The highest BCUT2D eigenvalue weighted by atomic mass is 35.5. The molecule has 0 atom stereocenters. The van der Waals surface area contributed by atoms with Crippen LogP contribution in [0.25, 0.3) is 22.4 Å². The van der Waals surface area contributed by atoms with Crippen molar-refractivity contribution in [3.63, 3.8) is 0 Å². The van der Waals surface area contributed by atoms with Crippen molar-refractivity contribution in [1.29, 1.82) is 0 Å². The number of nitrogens with zero attached hydrogens (tertiary/aromatic N) is 5. The molecule has 1 aliphatic heterocycles. The van der Waals surface area contributed by atoms with Gasteiger partial charge < -0.3 is 19.7 Å². The van der Waals surface area contributed by atoms with Gasteiger partial charge in [-0.15, -0.1) is 0 Å². The Labute approximate surface area is 183 Å². The van der Waals surface area contributed by atoms with Crippen LogP contribution in [0.15, 0.2) is 36.5 Å². The van der Waals surface area contributed by atoms with Crippen molar-refractivity contribution in [1.82, 2.24) is 24.8 Å². The third-order valence-electron chi connectivity index (χ3n) is 5.85. The van der Waals surface area contributed by atoms with Gasteiger partial charge in [-0.25, -0.2) is 9.97 Å². The first-order chi connectivity index (χ1) is 14.5. The molecule has 1 aliphatic rings. The Morgan fingerprint density at radius 3 is 2.63 bits per heavy atom. The van der Waals surface area contributed by atoms with Crippen molar-refractivity contribution in [3.8, 4) is 11.4 Å². The van der Waals surface area contributed by atoms with Gasteiger partial charge in [0.25, 0.3) is 0 Å². The molecule has 3 aromatic rings. The lowest BCUT2D eigenvalue weighted by atomic mass is 10.2. The summed E-state index contributed by atoms with van der Waals surface area (Å²) in [5.74, 6) is 1.84. The van der Waals surface area contributed by atoms with Gasteiger partial charge in [0.2, 0.25) is 0 Å². The summed E-state index contributed by atoms with van der Waals surface area (Å²) in [6.45, 7) is 11.3. The van der Waals surface area contributed by atoms with Gasteiger partial charge in [0.05, 0.1) is 11.0 Å². The van der Waals surface area contributed by atoms with Gasteiger partial charge in [-0.05, 0) is 64.2 Å². The Bertz CT molecular complexity index is 959. The fourth-order valence-corrected chi connectivity index (χ4v) is 4.15. The van der Waals surface area contributed by atoms with Crippen LogP contribution in [0.2, 0.25) is 5.02 Å². The smallest absolute Gasteiger partial charge is 0.140 e. The van der Waals surface area contributed by atoms with Crippen molar-refractivity contribution in [2.24, 2.45) is 0 Å². The average Bonchev–Trinajstić information content (AvgIpc) is 3.15. The maximum Gasteiger partial charge on any atom is 0.140 e. The first-order valence-corrected chi connectivity index (χ1v) is 11.2. The van der Waals surface area contributed by atoms with E-state index in [0.29, 0.717) is 11.1 Å². The predicted molar refractivity (Wildman–Crippen MR) is 125 cm³/mol. The number of aromatic nitrogens is 3. The molecule has 0 aliphatic carbocycles. The van der Waals surface area contributed by atoms with E-state index in [1.165, 1.54) is 26.2 Å². The molecular weight excluding hydrogens is 396 g/mol. The lowest BCUT2D eigenvalue weighted by molar-refractivity contribution is 0.153. The molecule has 160 valence electrons. The zero-order valence-electron chi connectivity index (χ0n) is 18.1. The molecule has 1 N–H and O–H groups in total. The minimum Gasteiger partial charge on any atom is -0.354 e. The van der Waals surface area contributed by atoms with E-state index in [-0.39, 0.29) is 0 Å². The molecule has 0 spiro atoms. The zero-order valence-corrected chi connectivity index (χ0v) is 18.9. The Balaban J connectivity index is 1.41. The van der Waals surface area contributed by atoms with E-state index in [1.54, 1.807) is 0 Å². The van der Waals surface area contributed by atoms with Crippen LogP contribution < -0.4 is 4.90 Å². The largest absolute Gasteiger partial charge is 0.354 e. The van der Waals surface area contributed by atoms with Crippen LogP contribution in [0, 0.1) is 0 Å². The molecule has 0 amide bonds. The number of aromatic amines is 1. The van der Waals surface area contributed by atoms with Gasteiger partial charge in [-0.2, -0.15) is 0 Å². The van der Waals surface area contributed by atoms with Gasteiger partial charge in [0.1, 0.15) is 11.6 Å². The normalized spacial score (nSPS) is 15.9. The van der Waals surface area contributed by atoms with Crippen LogP contribution >= 0.6 is 11.6 Å². The second-order valence-electron chi connectivity index (χ2n) is 8.44. The lowest BCUT2D eigenvalue weighted by Crippen LogP contribution is -2.45. The number of benzene rings is 1. The van der Waals surface area contributed by atoms with Gasteiger partial charge in [0.15, 0.2) is 0 Å². The highest BCUT2D eigenvalue weighted by Gasteiger charge is 2.16. The van der Waals surface area contributed by atoms with Crippen molar-refractivity contribution in [3.05, 3.63) is 41.6 Å². The summed E-state index contributed by atoms with van der Waals surface area (Å²) in [6.07, 6.45) is 3.06. The molecule has 6 nitrogen and oxygen atoms in total. The van der Waals surface area contributed by atoms with Crippen LogP contribution in [0.4, 0.5) is 5.82 Å². The number of halogens is 1. The van der Waals surface area contributed by atoms with Crippen molar-refractivity contribution in [2.75, 3.05) is 51.2 Å². The minimum atomic E-state index is 0.407. The molecule has 30 heavy (non-hydrogen) atoms. The van der Waals surface area contributed by atoms with Crippen LogP contribution in [-0.4, -0.2) is 77.1 Å². The topological polar surface area (TPSA) is 51.3 Å². The van der Waals surface area contributed by atoms with Crippen LogP contribution in [0.1, 0.15) is 20.3 Å². The molecule has 0 radical (unpaired) electrons. The number of pyridine rings is 1. The second kappa shape index (κ2) is 9.33. The summed E-state index contributed by atoms with van der Waals surface area (Å²) in [7, 11) is 2.20. The molecule has 1 aromatic carbocycles. The monoisotopic (exact) mass is 426 g/mol. The number of imidazole rings is 1. The van der Waals surface area contributed by atoms with E-state index >= 15 is 0 Å². The molecule has 2 aromatic heterocycles. The van der Waals surface area contributed by atoms with Gasteiger partial charge in [-0.3, -0.25) is 0 Å². The maximum absolute atomic E-state index is 6.08. The second-order valence-corrected chi connectivity index (χ2v) is 8.87. The Morgan fingerprint density at radius 1 is 1.13 bits per heavy atom. The Kier molecular flexibility index (Phi) is 6.56. The van der Waals surface area contributed by atoms with E-state index in [0.717, 1.165) is 47.7 Å². The molecule has 0 bridgehead atoms. The molecule has 0 saturated carbocycles. The molecule has 4 rings (SSSR count). The van der Waals surface area contributed by atoms with Crippen molar-refractivity contribution in [2.45, 2.75) is 26.3 Å². The Hall–Kier alpha value is -2.15. The molecule has 3 heterocycles. The van der Waals surface area contributed by atoms with Crippen LogP contribution in [-0.2, 0) is 0 Å². The third-order valence-corrected chi connectivity index (χ3v) is 6.09. The maximum atomic E-state index is 6.08. The van der Waals surface area contributed by atoms with E-state index in [2.05, 4.69) is 57.7 Å². The molecule has 0 unspecified atom stereocenters. The fourth-order valence-electron chi connectivity index (χ4n) is 3.99.